The van der Waals surface area contributed by atoms with Crippen molar-refractivity contribution >= 4 is 96.4 Å². The second-order valence-electron chi connectivity index (χ2n) is 24.6. The van der Waals surface area contributed by atoms with Crippen molar-refractivity contribution in [1.82, 2.24) is 4.57 Å². The predicted octanol–water partition coefficient (Wildman–Crippen LogP) is 17.0. The number of aryl methyl sites for hydroxylation is 1. The van der Waals surface area contributed by atoms with E-state index in [-0.39, 0.29) is 23.0 Å². The molecular weight excluding hydrogens is 912 g/mol. The summed E-state index contributed by atoms with van der Waals surface area (Å²) in [5.41, 5.74) is 25.3. The standard InChI is InChI=1S/C69H67BN4O/c1-44-41-60-62-61(42-44)74(58-30-20-27-53-52-26-19-28-55(69(8,9)10)64(52)75-65(53)58)59-43-51(71(49-35-31-45(32-36-49)67(2,3)4)50-37-33-46(34-38-50)68(5,6)7)39-40-56(59)70(62)66-63(72(60)47-21-13-11-14-22-47)54-25-17-18-29-57(54)73(66)48-23-15-12-16-24-48/h11-16,19-24,26-28,30-43H,17-18,25,29H2,1-10H3. The van der Waals surface area contributed by atoms with Gasteiger partial charge in [-0.15, -0.1) is 0 Å². The smallest absolute Gasteiger partial charge is 0.273 e. The molecule has 10 aromatic rings. The molecule has 0 fully saturated rings. The first kappa shape index (κ1) is 47.0. The summed E-state index contributed by atoms with van der Waals surface area (Å²) in [7, 11) is 0. The van der Waals surface area contributed by atoms with Crippen LogP contribution in [-0.2, 0) is 29.1 Å². The monoisotopic (exact) mass is 979 g/mol. The highest BCUT2D eigenvalue weighted by atomic mass is 16.3. The fourth-order valence-corrected chi connectivity index (χ4v) is 12.8. The van der Waals surface area contributed by atoms with Crippen molar-refractivity contribution in [2.24, 2.45) is 0 Å². The van der Waals surface area contributed by atoms with E-state index in [2.05, 4.69) is 264 Å². The molecule has 8 aromatic carbocycles. The molecule has 0 amide bonds. The van der Waals surface area contributed by atoms with Crippen molar-refractivity contribution < 1.29 is 4.42 Å². The Morgan fingerprint density at radius 2 is 1.04 bits per heavy atom. The first-order valence-corrected chi connectivity index (χ1v) is 27.3. The molecule has 1 aliphatic carbocycles. The Bertz CT molecular complexity index is 3790. The number of para-hydroxylation sites is 4. The molecule has 2 aromatic heterocycles. The number of hydrogen-bond donors (Lipinski definition) is 0. The van der Waals surface area contributed by atoms with Crippen LogP contribution in [0, 0.1) is 6.92 Å². The van der Waals surface area contributed by atoms with Crippen LogP contribution in [0.3, 0.4) is 0 Å². The quantitative estimate of drug-likeness (QED) is 0.155. The number of fused-ring (bicyclic) bond motifs is 9. The van der Waals surface area contributed by atoms with Crippen molar-refractivity contribution in [2.45, 2.75) is 111 Å². The Morgan fingerprint density at radius 1 is 0.480 bits per heavy atom. The first-order chi connectivity index (χ1) is 36.0. The SMILES string of the molecule is Cc1cc2c3c(c1)N(c1cccc4c1oc1c(C(C)(C)C)cccc14)c1cc(N(c4ccc(C(C)(C)C)cc4)c4ccc(C(C)(C)C)cc4)ccc1B3c1c(c3c(n1-c1ccccc1)CCCC3)N2c1ccccc1. The number of rotatable bonds is 6. The first-order valence-electron chi connectivity index (χ1n) is 27.3. The molecule has 372 valence electrons. The fraction of sp³-hybridized carbons (Fsp3) is 0.246. The van der Waals surface area contributed by atoms with Gasteiger partial charge in [0.15, 0.2) is 5.58 Å². The van der Waals surface area contributed by atoms with Gasteiger partial charge in [-0.05, 0) is 161 Å². The van der Waals surface area contributed by atoms with E-state index in [9.17, 15) is 0 Å². The van der Waals surface area contributed by atoms with Gasteiger partial charge in [0.25, 0.3) is 6.71 Å². The zero-order valence-corrected chi connectivity index (χ0v) is 45.3. The molecule has 0 N–H and O–H groups in total. The van der Waals surface area contributed by atoms with Crippen LogP contribution < -0.4 is 31.2 Å². The number of aromatic nitrogens is 1. The highest BCUT2D eigenvalue weighted by molar-refractivity contribution is 7.00. The van der Waals surface area contributed by atoms with Crippen molar-refractivity contribution in [3.8, 4) is 5.69 Å². The maximum Gasteiger partial charge on any atom is 0.273 e. The number of anilines is 9. The molecule has 0 radical (unpaired) electrons. The number of nitrogens with zero attached hydrogens (tertiary/aromatic N) is 4. The summed E-state index contributed by atoms with van der Waals surface area (Å²) in [5, 5.41) is 2.26. The lowest BCUT2D eigenvalue weighted by molar-refractivity contribution is 0.573. The molecule has 0 atom stereocenters. The minimum Gasteiger partial charge on any atom is -0.454 e. The fourth-order valence-electron chi connectivity index (χ4n) is 12.8. The predicted molar refractivity (Wildman–Crippen MR) is 319 cm³/mol. The van der Waals surface area contributed by atoms with E-state index in [1.165, 1.54) is 91.3 Å². The van der Waals surface area contributed by atoms with E-state index in [1.54, 1.807) is 0 Å². The van der Waals surface area contributed by atoms with Crippen LogP contribution >= 0.6 is 0 Å². The highest BCUT2D eigenvalue weighted by Crippen LogP contribution is 2.51. The van der Waals surface area contributed by atoms with Gasteiger partial charge in [0.1, 0.15) is 5.58 Å². The molecule has 0 saturated carbocycles. The Labute approximate surface area is 444 Å². The summed E-state index contributed by atoms with van der Waals surface area (Å²) in [6, 6.07) is 66.5. The molecular formula is C69H67BN4O. The van der Waals surface area contributed by atoms with Gasteiger partial charge in [0, 0.05) is 73.1 Å². The summed E-state index contributed by atoms with van der Waals surface area (Å²) in [5.74, 6) is 0. The Morgan fingerprint density at radius 3 is 1.65 bits per heavy atom. The average Bonchev–Trinajstić information content (AvgIpc) is 4.01. The van der Waals surface area contributed by atoms with Crippen LogP contribution in [0.2, 0.25) is 0 Å². The van der Waals surface area contributed by atoms with E-state index >= 15 is 0 Å². The third kappa shape index (κ3) is 7.57. The lowest BCUT2D eigenvalue weighted by atomic mass is 9.34. The van der Waals surface area contributed by atoms with Crippen LogP contribution in [0.4, 0.5) is 51.2 Å². The lowest BCUT2D eigenvalue weighted by Gasteiger charge is -2.44. The van der Waals surface area contributed by atoms with Gasteiger partial charge < -0.3 is 23.7 Å². The van der Waals surface area contributed by atoms with Gasteiger partial charge in [0.2, 0.25) is 0 Å². The second kappa shape index (κ2) is 17.2. The molecule has 75 heavy (non-hydrogen) atoms. The Balaban J connectivity index is 1.14. The maximum absolute atomic E-state index is 7.36. The topological polar surface area (TPSA) is 27.8 Å². The zero-order valence-electron chi connectivity index (χ0n) is 45.3. The zero-order chi connectivity index (χ0) is 51.7. The summed E-state index contributed by atoms with van der Waals surface area (Å²) in [4.78, 5) is 7.65. The minimum atomic E-state index is -0.117. The molecule has 0 bridgehead atoms. The van der Waals surface area contributed by atoms with E-state index < -0.39 is 0 Å². The van der Waals surface area contributed by atoms with Crippen LogP contribution in [0.5, 0.6) is 0 Å². The highest BCUT2D eigenvalue weighted by Gasteiger charge is 2.48. The van der Waals surface area contributed by atoms with Crippen LogP contribution in [0.25, 0.3) is 27.6 Å². The van der Waals surface area contributed by atoms with Crippen molar-refractivity contribution in [3.05, 3.63) is 209 Å². The summed E-state index contributed by atoms with van der Waals surface area (Å²) >= 11 is 0. The van der Waals surface area contributed by atoms with Crippen LogP contribution in [0.15, 0.2) is 180 Å². The summed E-state index contributed by atoms with van der Waals surface area (Å²) in [6.07, 6.45) is 4.42. The lowest BCUT2D eigenvalue weighted by Crippen LogP contribution is -2.63. The van der Waals surface area contributed by atoms with Gasteiger partial charge >= 0.3 is 0 Å². The maximum atomic E-state index is 7.36. The van der Waals surface area contributed by atoms with E-state index in [4.69, 9.17) is 4.42 Å². The van der Waals surface area contributed by atoms with E-state index in [0.29, 0.717) is 0 Å². The van der Waals surface area contributed by atoms with E-state index in [0.717, 1.165) is 63.2 Å². The summed E-state index contributed by atoms with van der Waals surface area (Å²) < 4.78 is 10.0. The molecule has 6 heteroatoms. The third-order valence-electron chi connectivity index (χ3n) is 16.4. The van der Waals surface area contributed by atoms with Gasteiger partial charge in [0.05, 0.1) is 11.4 Å². The number of furan rings is 1. The van der Waals surface area contributed by atoms with Gasteiger partial charge in [-0.25, -0.2) is 0 Å². The second-order valence-corrected chi connectivity index (χ2v) is 24.6. The normalized spacial score (nSPS) is 14.2. The van der Waals surface area contributed by atoms with Crippen LogP contribution in [0.1, 0.15) is 109 Å². The molecule has 13 rings (SSSR count). The Hall–Kier alpha value is -7.70. The average molecular weight is 979 g/mol. The molecule has 5 nitrogen and oxygen atoms in total. The molecule has 0 saturated heterocycles. The van der Waals surface area contributed by atoms with E-state index in [1.807, 2.05) is 0 Å². The van der Waals surface area contributed by atoms with Gasteiger partial charge in [-0.2, -0.15) is 0 Å². The molecule has 4 heterocycles. The number of hydrogen-bond acceptors (Lipinski definition) is 4. The Kier molecular flexibility index (Phi) is 10.8. The summed E-state index contributed by atoms with van der Waals surface area (Å²) in [6.45, 7) is 22.8. The van der Waals surface area contributed by atoms with Crippen LogP contribution in [-0.4, -0.2) is 11.3 Å². The largest absolute Gasteiger partial charge is 0.454 e. The van der Waals surface area contributed by atoms with Crippen molar-refractivity contribution in [1.29, 1.82) is 0 Å². The molecule has 2 aliphatic heterocycles. The molecule has 0 spiro atoms. The minimum absolute atomic E-state index is 0.0192. The molecule has 3 aliphatic rings. The number of benzene rings is 8. The van der Waals surface area contributed by atoms with Crippen molar-refractivity contribution in [3.63, 3.8) is 0 Å². The van der Waals surface area contributed by atoms with Gasteiger partial charge in [-0.3, -0.25) is 0 Å². The molecule has 0 unspecified atom stereocenters. The third-order valence-corrected chi connectivity index (χ3v) is 16.4. The van der Waals surface area contributed by atoms with Gasteiger partial charge in [-0.1, -0.05) is 159 Å². The van der Waals surface area contributed by atoms with Crippen molar-refractivity contribution in [2.75, 3.05) is 14.7 Å².